The summed E-state index contributed by atoms with van der Waals surface area (Å²) in [5, 5.41) is 3.15. The first kappa shape index (κ1) is 19.5. The molecule has 1 saturated heterocycles. The van der Waals surface area contributed by atoms with Crippen LogP contribution < -0.4 is 5.32 Å². The molecule has 2 heterocycles. The van der Waals surface area contributed by atoms with Gasteiger partial charge in [0.15, 0.2) is 0 Å². The van der Waals surface area contributed by atoms with Gasteiger partial charge in [0, 0.05) is 37.6 Å². The first-order valence-corrected chi connectivity index (χ1v) is 10.7. The fourth-order valence-electron chi connectivity index (χ4n) is 3.29. The van der Waals surface area contributed by atoms with Crippen molar-refractivity contribution in [2.75, 3.05) is 26.2 Å². The van der Waals surface area contributed by atoms with E-state index in [0.717, 1.165) is 38.3 Å². The Morgan fingerprint density at radius 1 is 1.12 bits per heavy atom. The largest absolute Gasteiger partial charge is 0.348 e. The molecule has 3 rings (SSSR count). The van der Waals surface area contributed by atoms with Gasteiger partial charge in [-0.05, 0) is 47.5 Å². The molecule has 1 aromatic heterocycles. The summed E-state index contributed by atoms with van der Waals surface area (Å²) < 4.78 is 1.18. The lowest BCUT2D eigenvalue weighted by atomic mass is 10.1. The number of piperazine rings is 1. The molecule has 0 radical (unpaired) electrons. The highest BCUT2D eigenvalue weighted by Gasteiger charge is 2.26. The third-order valence-corrected chi connectivity index (χ3v) is 6.61. The van der Waals surface area contributed by atoms with E-state index in [1.54, 1.807) is 11.3 Å². The number of nitrogens with zero attached hydrogens (tertiary/aromatic N) is 2. The van der Waals surface area contributed by atoms with Crippen LogP contribution >= 0.6 is 27.3 Å². The average Bonchev–Trinajstić information content (AvgIpc) is 3.07. The number of hydrogen-bond acceptors (Lipinski definition) is 4. The number of thiophene rings is 1. The molecule has 0 spiro atoms. The van der Waals surface area contributed by atoms with Crippen LogP contribution in [0.25, 0.3) is 0 Å². The van der Waals surface area contributed by atoms with Crippen LogP contribution in [0.5, 0.6) is 0 Å². The fourth-order valence-corrected chi connectivity index (χ4v) is 4.82. The Bertz CT molecular complexity index is 713. The van der Waals surface area contributed by atoms with Crippen LogP contribution in [-0.4, -0.2) is 47.9 Å². The smallest absolute Gasteiger partial charge is 0.237 e. The van der Waals surface area contributed by atoms with E-state index in [-0.39, 0.29) is 18.0 Å². The van der Waals surface area contributed by atoms with E-state index in [1.807, 2.05) is 32.0 Å². The summed E-state index contributed by atoms with van der Waals surface area (Å²) in [6, 6.07) is 14.3. The zero-order valence-corrected chi connectivity index (χ0v) is 17.7. The maximum absolute atomic E-state index is 12.6. The number of carbonyl (C=O) groups is 1. The molecule has 1 aromatic carbocycles. The van der Waals surface area contributed by atoms with E-state index in [0.29, 0.717) is 0 Å². The van der Waals surface area contributed by atoms with Crippen LogP contribution in [0.3, 0.4) is 0 Å². The second-order valence-electron chi connectivity index (χ2n) is 6.83. The van der Waals surface area contributed by atoms with E-state index >= 15 is 0 Å². The van der Waals surface area contributed by atoms with Crippen molar-refractivity contribution in [2.24, 2.45) is 0 Å². The minimum atomic E-state index is -0.0980. The molecule has 1 aliphatic rings. The molecule has 0 unspecified atom stereocenters. The van der Waals surface area contributed by atoms with Gasteiger partial charge in [-0.3, -0.25) is 14.6 Å². The second-order valence-corrected chi connectivity index (χ2v) is 9.38. The van der Waals surface area contributed by atoms with Gasteiger partial charge in [0.2, 0.25) is 5.91 Å². The third-order valence-electron chi connectivity index (χ3n) is 5.00. The number of benzene rings is 1. The first-order valence-electron chi connectivity index (χ1n) is 9.09. The maximum Gasteiger partial charge on any atom is 0.237 e. The number of nitrogens with one attached hydrogen (secondary N) is 1. The van der Waals surface area contributed by atoms with Gasteiger partial charge in [-0.25, -0.2) is 0 Å². The monoisotopic (exact) mass is 435 g/mol. The molecular weight excluding hydrogens is 410 g/mol. The third kappa shape index (κ3) is 5.16. The molecule has 140 valence electrons. The SMILES string of the molecule is C[C@@H](NC(=O)[C@H](C)N1CCN(Cc2ccc(Br)s2)CC1)c1ccccc1. The Hall–Kier alpha value is -1.21. The topological polar surface area (TPSA) is 35.6 Å². The summed E-state index contributed by atoms with van der Waals surface area (Å²) in [6.07, 6.45) is 0. The lowest BCUT2D eigenvalue weighted by Crippen LogP contribution is -2.53. The van der Waals surface area contributed by atoms with Crippen molar-refractivity contribution in [3.63, 3.8) is 0 Å². The van der Waals surface area contributed by atoms with E-state index in [9.17, 15) is 4.79 Å². The molecule has 6 heteroatoms. The molecule has 1 amide bonds. The molecule has 0 bridgehead atoms. The first-order chi connectivity index (χ1) is 12.5. The quantitative estimate of drug-likeness (QED) is 0.747. The summed E-state index contributed by atoms with van der Waals surface area (Å²) in [6.45, 7) is 8.91. The van der Waals surface area contributed by atoms with Crippen molar-refractivity contribution in [3.8, 4) is 0 Å². The number of amides is 1. The molecule has 1 N–H and O–H groups in total. The van der Waals surface area contributed by atoms with Crippen LogP contribution in [-0.2, 0) is 11.3 Å². The average molecular weight is 436 g/mol. The van der Waals surface area contributed by atoms with Crippen molar-refractivity contribution in [3.05, 3.63) is 56.7 Å². The van der Waals surface area contributed by atoms with Gasteiger partial charge in [0.1, 0.15) is 0 Å². The molecular formula is C20H26BrN3OS. The lowest BCUT2D eigenvalue weighted by molar-refractivity contribution is -0.127. The number of hydrogen-bond donors (Lipinski definition) is 1. The minimum Gasteiger partial charge on any atom is -0.348 e. The lowest BCUT2D eigenvalue weighted by Gasteiger charge is -2.37. The van der Waals surface area contributed by atoms with E-state index in [4.69, 9.17) is 0 Å². The zero-order chi connectivity index (χ0) is 18.5. The Balaban J connectivity index is 1.46. The number of carbonyl (C=O) groups excluding carboxylic acids is 1. The number of halogens is 1. The van der Waals surface area contributed by atoms with Gasteiger partial charge in [0.05, 0.1) is 15.9 Å². The van der Waals surface area contributed by atoms with Gasteiger partial charge in [-0.1, -0.05) is 30.3 Å². The molecule has 0 aliphatic carbocycles. The highest BCUT2D eigenvalue weighted by atomic mass is 79.9. The predicted octanol–water partition coefficient (Wildman–Crippen LogP) is 3.89. The van der Waals surface area contributed by atoms with E-state index in [1.165, 1.54) is 8.66 Å². The van der Waals surface area contributed by atoms with Crippen LogP contribution in [0.15, 0.2) is 46.3 Å². The van der Waals surface area contributed by atoms with Gasteiger partial charge in [-0.2, -0.15) is 0 Å². The molecule has 0 saturated carbocycles. The second kappa shape index (κ2) is 9.13. The Kier molecular flexibility index (Phi) is 6.86. The predicted molar refractivity (Wildman–Crippen MR) is 111 cm³/mol. The minimum absolute atomic E-state index is 0.0321. The number of rotatable bonds is 6. The highest BCUT2D eigenvalue weighted by molar-refractivity contribution is 9.11. The van der Waals surface area contributed by atoms with E-state index < -0.39 is 0 Å². The normalized spacial score (nSPS) is 18.4. The van der Waals surface area contributed by atoms with Crippen LogP contribution in [0.2, 0.25) is 0 Å². The maximum atomic E-state index is 12.6. The van der Waals surface area contributed by atoms with Gasteiger partial charge < -0.3 is 5.32 Å². The summed E-state index contributed by atoms with van der Waals surface area (Å²) >= 11 is 5.32. The van der Waals surface area contributed by atoms with Crippen molar-refractivity contribution in [1.29, 1.82) is 0 Å². The van der Waals surface area contributed by atoms with Crippen molar-refractivity contribution < 1.29 is 4.79 Å². The summed E-state index contributed by atoms with van der Waals surface area (Å²) in [5.41, 5.74) is 1.14. The Morgan fingerprint density at radius 2 is 1.81 bits per heavy atom. The fraction of sp³-hybridized carbons (Fsp3) is 0.450. The van der Waals surface area contributed by atoms with Crippen LogP contribution in [0.1, 0.15) is 30.3 Å². The Morgan fingerprint density at radius 3 is 2.42 bits per heavy atom. The van der Waals surface area contributed by atoms with Gasteiger partial charge in [-0.15, -0.1) is 11.3 Å². The van der Waals surface area contributed by atoms with Crippen molar-refractivity contribution in [1.82, 2.24) is 15.1 Å². The van der Waals surface area contributed by atoms with Crippen molar-refractivity contribution >= 4 is 33.2 Å². The summed E-state index contributed by atoms with van der Waals surface area (Å²) in [5.74, 6) is 0.108. The molecule has 2 atom stereocenters. The van der Waals surface area contributed by atoms with Gasteiger partial charge in [0.25, 0.3) is 0 Å². The highest BCUT2D eigenvalue weighted by Crippen LogP contribution is 2.23. The van der Waals surface area contributed by atoms with Crippen molar-refractivity contribution in [2.45, 2.75) is 32.5 Å². The summed E-state index contributed by atoms with van der Waals surface area (Å²) in [4.78, 5) is 18.8. The van der Waals surface area contributed by atoms with Crippen LogP contribution in [0.4, 0.5) is 0 Å². The standard InChI is InChI=1S/C20H26BrN3OS/c1-15(17-6-4-3-5-7-17)22-20(25)16(2)24-12-10-23(11-13-24)14-18-8-9-19(21)26-18/h3-9,15-16H,10-14H2,1-2H3,(H,22,25)/t15-,16+/m1/s1. The molecule has 26 heavy (non-hydrogen) atoms. The Labute approximate surface area is 168 Å². The van der Waals surface area contributed by atoms with E-state index in [2.05, 4.69) is 55.3 Å². The zero-order valence-electron chi connectivity index (χ0n) is 15.3. The molecule has 1 aliphatic heterocycles. The molecule has 4 nitrogen and oxygen atoms in total. The van der Waals surface area contributed by atoms with Gasteiger partial charge >= 0.3 is 0 Å². The molecule has 2 aromatic rings. The molecule has 1 fully saturated rings. The summed E-state index contributed by atoms with van der Waals surface area (Å²) in [7, 11) is 0. The van der Waals surface area contributed by atoms with Crippen LogP contribution in [0, 0.1) is 0 Å².